The van der Waals surface area contributed by atoms with Crippen molar-refractivity contribution in [1.82, 2.24) is 9.97 Å². The third-order valence-electron chi connectivity index (χ3n) is 2.90. The van der Waals surface area contributed by atoms with Crippen LogP contribution in [-0.4, -0.2) is 27.7 Å². The Kier molecular flexibility index (Phi) is 4.52. The third kappa shape index (κ3) is 3.12. The van der Waals surface area contributed by atoms with Crippen molar-refractivity contribution in [2.75, 3.05) is 17.3 Å². The van der Waals surface area contributed by atoms with Gasteiger partial charge in [-0.3, -0.25) is 5.43 Å². The molecule has 19 heavy (non-hydrogen) atoms. The molecule has 0 bridgehead atoms. The number of nitrogens with one attached hydrogen (secondary N) is 2. The second kappa shape index (κ2) is 6.14. The van der Waals surface area contributed by atoms with Crippen LogP contribution in [0.1, 0.15) is 25.1 Å². The molecular weight excluding hydrogens is 262 g/mol. The lowest BCUT2D eigenvalue weighted by molar-refractivity contribution is 0.183. The fraction of sp³-hybridized carbons (Fsp3) is 0.500. The molecule has 6 nitrogen and oxygen atoms in total. The molecule has 0 radical (unpaired) electrons. The molecule has 7 heteroatoms. The predicted octanol–water partition coefficient (Wildman–Crippen LogP) is 1.72. The molecule has 2 rings (SSSR count). The molecule has 0 spiro atoms. The van der Waals surface area contributed by atoms with Crippen molar-refractivity contribution in [3.8, 4) is 0 Å². The smallest absolute Gasteiger partial charge is 0.240 e. The summed E-state index contributed by atoms with van der Waals surface area (Å²) in [7, 11) is 0. The molecule has 0 amide bonds. The van der Waals surface area contributed by atoms with Gasteiger partial charge < -0.3 is 10.4 Å². The SMILES string of the molecule is CCc1cc2c(NCC(O)CC)nc(NN)nc2s1. The number of nitrogens with zero attached hydrogens (tertiary/aromatic N) is 2. The van der Waals surface area contributed by atoms with Gasteiger partial charge in [0.2, 0.25) is 5.95 Å². The maximum atomic E-state index is 9.63. The standard InChI is InChI=1S/C12H19N5OS/c1-3-7(18)6-14-10-9-5-8(4-2)19-11(9)16-12(15-10)17-13/h5,7,18H,3-4,6,13H2,1-2H3,(H2,14,15,16,17). The van der Waals surface area contributed by atoms with Gasteiger partial charge >= 0.3 is 0 Å². The van der Waals surface area contributed by atoms with Gasteiger partial charge in [0.1, 0.15) is 10.6 Å². The molecule has 0 fully saturated rings. The molecule has 2 aromatic heterocycles. The first kappa shape index (κ1) is 14.0. The highest BCUT2D eigenvalue weighted by Crippen LogP contribution is 2.30. The highest BCUT2D eigenvalue weighted by atomic mass is 32.1. The number of aryl methyl sites for hydroxylation is 1. The molecule has 1 atom stereocenters. The van der Waals surface area contributed by atoms with Gasteiger partial charge in [0.05, 0.1) is 11.5 Å². The number of nitrogens with two attached hydrogens (primary N) is 1. The highest BCUT2D eigenvalue weighted by molar-refractivity contribution is 7.18. The van der Waals surface area contributed by atoms with Crippen LogP contribution in [-0.2, 0) is 6.42 Å². The Hall–Kier alpha value is -1.44. The van der Waals surface area contributed by atoms with E-state index in [-0.39, 0.29) is 6.10 Å². The Bertz CT molecular complexity index is 556. The van der Waals surface area contributed by atoms with Crippen LogP contribution < -0.4 is 16.6 Å². The van der Waals surface area contributed by atoms with Crippen molar-refractivity contribution in [2.45, 2.75) is 32.8 Å². The summed E-state index contributed by atoms with van der Waals surface area (Å²) >= 11 is 1.63. The van der Waals surface area contributed by atoms with E-state index in [1.165, 1.54) is 4.88 Å². The monoisotopic (exact) mass is 281 g/mol. The van der Waals surface area contributed by atoms with E-state index in [0.29, 0.717) is 24.7 Å². The zero-order valence-corrected chi connectivity index (χ0v) is 11.9. The second-order valence-electron chi connectivity index (χ2n) is 4.27. The molecule has 0 aliphatic carbocycles. The van der Waals surface area contributed by atoms with Crippen molar-refractivity contribution in [1.29, 1.82) is 0 Å². The first-order valence-corrected chi connectivity index (χ1v) is 7.18. The number of anilines is 2. The third-order valence-corrected chi connectivity index (χ3v) is 4.07. The fourth-order valence-electron chi connectivity index (χ4n) is 1.70. The largest absolute Gasteiger partial charge is 0.391 e. The number of hydrogen-bond acceptors (Lipinski definition) is 7. The summed E-state index contributed by atoms with van der Waals surface area (Å²) < 4.78 is 0. The summed E-state index contributed by atoms with van der Waals surface area (Å²) in [6.07, 6.45) is 1.28. The molecule has 1 unspecified atom stereocenters. The van der Waals surface area contributed by atoms with Crippen molar-refractivity contribution >= 4 is 33.3 Å². The zero-order chi connectivity index (χ0) is 13.8. The van der Waals surface area contributed by atoms with Gasteiger partial charge in [-0.1, -0.05) is 13.8 Å². The number of hydrogen-bond donors (Lipinski definition) is 4. The van der Waals surface area contributed by atoms with Crippen LogP contribution >= 0.6 is 11.3 Å². The van der Waals surface area contributed by atoms with E-state index in [4.69, 9.17) is 5.84 Å². The summed E-state index contributed by atoms with van der Waals surface area (Å²) in [4.78, 5) is 10.8. The Labute approximate surface area is 116 Å². The van der Waals surface area contributed by atoms with Crippen molar-refractivity contribution in [3.63, 3.8) is 0 Å². The lowest BCUT2D eigenvalue weighted by Gasteiger charge is -2.11. The summed E-state index contributed by atoms with van der Waals surface area (Å²) in [6.45, 7) is 4.51. The van der Waals surface area contributed by atoms with Crippen LogP contribution in [0.3, 0.4) is 0 Å². The average molecular weight is 281 g/mol. The minimum absolute atomic E-state index is 0.380. The maximum absolute atomic E-state index is 9.63. The summed E-state index contributed by atoms with van der Waals surface area (Å²) in [5.41, 5.74) is 2.47. The molecular formula is C12H19N5OS. The average Bonchev–Trinajstić information content (AvgIpc) is 2.86. The van der Waals surface area contributed by atoms with E-state index in [9.17, 15) is 5.11 Å². The Morgan fingerprint density at radius 3 is 2.84 bits per heavy atom. The lowest BCUT2D eigenvalue weighted by Crippen LogP contribution is -2.19. The second-order valence-corrected chi connectivity index (χ2v) is 5.38. The minimum Gasteiger partial charge on any atom is -0.391 e. The normalized spacial score (nSPS) is 12.6. The lowest BCUT2D eigenvalue weighted by atomic mass is 10.2. The van der Waals surface area contributed by atoms with Crippen LogP contribution in [0, 0.1) is 0 Å². The molecule has 2 aromatic rings. The minimum atomic E-state index is -0.386. The van der Waals surface area contributed by atoms with E-state index < -0.39 is 0 Å². The zero-order valence-electron chi connectivity index (χ0n) is 11.1. The van der Waals surface area contributed by atoms with Crippen molar-refractivity contribution in [3.05, 3.63) is 10.9 Å². The van der Waals surface area contributed by atoms with Gasteiger partial charge in [-0.25, -0.2) is 10.8 Å². The molecule has 0 aliphatic rings. The molecule has 0 saturated carbocycles. The van der Waals surface area contributed by atoms with Gasteiger partial charge in [-0.15, -0.1) is 11.3 Å². The van der Waals surface area contributed by atoms with E-state index in [2.05, 4.69) is 33.7 Å². The van der Waals surface area contributed by atoms with E-state index in [0.717, 1.165) is 16.6 Å². The van der Waals surface area contributed by atoms with Gasteiger partial charge in [0, 0.05) is 11.4 Å². The molecule has 5 N–H and O–H groups in total. The number of thiophene rings is 1. The van der Waals surface area contributed by atoms with Crippen LogP contribution in [0.2, 0.25) is 0 Å². The molecule has 104 valence electrons. The van der Waals surface area contributed by atoms with Gasteiger partial charge in [-0.05, 0) is 18.9 Å². The molecule has 2 heterocycles. The predicted molar refractivity (Wildman–Crippen MR) is 79.4 cm³/mol. The number of aromatic nitrogens is 2. The number of nitrogen functional groups attached to an aromatic ring is 1. The first-order valence-electron chi connectivity index (χ1n) is 6.36. The number of aliphatic hydroxyl groups is 1. The van der Waals surface area contributed by atoms with Crippen LogP contribution in [0.25, 0.3) is 10.2 Å². The van der Waals surface area contributed by atoms with E-state index in [1.54, 1.807) is 11.3 Å². The van der Waals surface area contributed by atoms with Crippen LogP contribution in [0.4, 0.5) is 11.8 Å². The fourth-order valence-corrected chi connectivity index (χ4v) is 2.67. The van der Waals surface area contributed by atoms with Gasteiger partial charge in [0.15, 0.2) is 0 Å². The van der Waals surface area contributed by atoms with E-state index in [1.807, 2.05) is 6.92 Å². The molecule has 0 aromatic carbocycles. The molecule has 0 saturated heterocycles. The molecule has 0 aliphatic heterocycles. The Morgan fingerprint density at radius 2 is 2.21 bits per heavy atom. The Morgan fingerprint density at radius 1 is 1.42 bits per heavy atom. The van der Waals surface area contributed by atoms with Crippen LogP contribution in [0.5, 0.6) is 0 Å². The van der Waals surface area contributed by atoms with Gasteiger partial charge in [0.25, 0.3) is 0 Å². The van der Waals surface area contributed by atoms with E-state index >= 15 is 0 Å². The summed E-state index contributed by atoms with van der Waals surface area (Å²) in [5, 5.41) is 13.8. The number of hydrazine groups is 1. The van der Waals surface area contributed by atoms with Crippen LogP contribution in [0.15, 0.2) is 6.07 Å². The first-order chi connectivity index (χ1) is 9.17. The highest BCUT2D eigenvalue weighted by Gasteiger charge is 2.11. The number of aliphatic hydroxyl groups excluding tert-OH is 1. The number of rotatable bonds is 6. The summed E-state index contributed by atoms with van der Waals surface area (Å²) in [5.74, 6) is 6.47. The topological polar surface area (TPSA) is 96.1 Å². The van der Waals surface area contributed by atoms with Crippen molar-refractivity contribution < 1.29 is 5.11 Å². The number of fused-ring (bicyclic) bond motifs is 1. The summed E-state index contributed by atoms with van der Waals surface area (Å²) in [6, 6.07) is 2.08. The van der Waals surface area contributed by atoms with Crippen molar-refractivity contribution in [2.24, 2.45) is 5.84 Å². The maximum Gasteiger partial charge on any atom is 0.240 e. The quantitative estimate of drug-likeness (QED) is 0.475. The Balaban J connectivity index is 2.35. The van der Waals surface area contributed by atoms with Gasteiger partial charge in [-0.2, -0.15) is 4.98 Å².